The van der Waals surface area contributed by atoms with E-state index in [2.05, 4.69) is 10.4 Å². The Bertz CT molecular complexity index is 628. The predicted molar refractivity (Wildman–Crippen MR) is 80.5 cm³/mol. The van der Waals surface area contributed by atoms with Crippen LogP contribution < -0.4 is 5.32 Å². The molecule has 2 aromatic rings. The van der Waals surface area contributed by atoms with Crippen molar-refractivity contribution in [3.63, 3.8) is 0 Å². The molecule has 0 unspecified atom stereocenters. The summed E-state index contributed by atoms with van der Waals surface area (Å²) in [5, 5.41) is 17.3. The molecule has 0 aliphatic carbocycles. The van der Waals surface area contributed by atoms with Crippen LogP contribution in [0.5, 0.6) is 0 Å². The molecule has 2 N–H and O–H groups in total. The molecule has 1 heterocycles. The van der Waals surface area contributed by atoms with Gasteiger partial charge in [-0.05, 0) is 24.1 Å². The number of benzene rings is 1. The summed E-state index contributed by atoms with van der Waals surface area (Å²) < 4.78 is 15.0. The zero-order valence-electron chi connectivity index (χ0n) is 12.2. The molecule has 0 fully saturated rings. The number of aryl methyl sites for hydroxylation is 2. The molecule has 0 aliphatic rings. The van der Waals surface area contributed by atoms with E-state index < -0.39 is 0 Å². The Morgan fingerprint density at radius 3 is 2.81 bits per heavy atom. The minimum absolute atomic E-state index is 0.298. The van der Waals surface area contributed by atoms with Crippen LogP contribution in [0.2, 0.25) is 5.15 Å². The number of halogens is 2. The highest BCUT2D eigenvalue weighted by Gasteiger charge is 2.12. The molecular weight excluding hydrogens is 293 g/mol. The Kier molecular flexibility index (Phi) is 5.33. The summed E-state index contributed by atoms with van der Waals surface area (Å²) in [4.78, 5) is 0. The van der Waals surface area contributed by atoms with Crippen LogP contribution in [0.1, 0.15) is 29.3 Å². The Balaban J connectivity index is 2.02. The summed E-state index contributed by atoms with van der Waals surface area (Å²) >= 11 is 6.22. The summed E-state index contributed by atoms with van der Waals surface area (Å²) in [7, 11) is 1.82. The van der Waals surface area contributed by atoms with Crippen LogP contribution in [-0.4, -0.2) is 14.9 Å². The number of aliphatic hydroxyl groups excluding tert-OH is 1. The third kappa shape index (κ3) is 3.61. The molecule has 0 spiro atoms. The van der Waals surface area contributed by atoms with Crippen molar-refractivity contribution < 1.29 is 9.50 Å². The fourth-order valence-electron chi connectivity index (χ4n) is 2.25. The Morgan fingerprint density at radius 1 is 1.38 bits per heavy atom. The molecule has 6 heteroatoms. The number of rotatable bonds is 6. The quantitative estimate of drug-likeness (QED) is 0.862. The number of nitrogens with one attached hydrogen (secondary N) is 1. The summed E-state index contributed by atoms with van der Waals surface area (Å²) in [5.74, 6) is -0.384. The van der Waals surface area contributed by atoms with Gasteiger partial charge < -0.3 is 10.4 Å². The summed E-state index contributed by atoms with van der Waals surface area (Å²) in [5.41, 5.74) is 3.19. The van der Waals surface area contributed by atoms with E-state index in [0.29, 0.717) is 23.8 Å². The van der Waals surface area contributed by atoms with Gasteiger partial charge in [-0.2, -0.15) is 5.10 Å². The number of hydrogen-bond acceptors (Lipinski definition) is 3. The minimum atomic E-state index is -0.384. The first-order valence-electron chi connectivity index (χ1n) is 6.86. The minimum Gasteiger partial charge on any atom is -0.392 e. The van der Waals surface area contributed by atoms with Crippen molar-refractivity contribution in [2.45, 2.75) is 33.0 Å². The monoisotopic (exact) mass is 311 g/mol. The van der Waals surface area contributed by atoms with Gasteiger partial charge >= 0.3 is 0 Å². The smallest absolute Gasteiger partial charge is 0.131 e. The van der Waals surface area contributed by atoms with Crippen molar-refractivity contribution in [3.05, 3.63) is 51.6 Å². The Labute approximate surface area is 128 Å². The van der Waals surface area contributed by atoms with Gasteiger partial charge in [-0.1, -0.05) is 24.6 Å². The highest BCUT2D eigenvalue weighted by Crippen LogP contribution is 2.19. The summed E-state index contributed by atoms with van der Waals surface area (Å²) in [6.07, 6.45) is 0.822. The van der Waals surface area contributed by atoms with Crippen LogP contribution in [0, 0.1) is 5.82 Å². The van der Waals surface area contributed by atoms with Crippen LogP contribution in [0.3, 0.4) is 0 Å². The first-order valence-corrected chi connectivity index (χ1v) is 7.23. The first-order chi connectivity index (χ1) is 10.1. The molecule has 0 aliphatic heterocycles. The maximum atomic E-state index is 13.3. The number of nitrogens with zero attached hydrogens (tertiary/aromatic N) is 2. The van der Waals surface area contributed by atoms with Crippen LogP contribution >= 0.6 is 11.6 Å². The number of aromatic nitrogens is 2. The van der Waals surface area contributed by atoms with Crippen molar-refractivity contribution in [1.29, 1.82) is 0 Å². The van der Waals surface area contributed by atoms with Gasteiger partial charge in [0.25, 0.3) is 0 Å². The third-order valence-corrected chi connectivity index (χ3v) is 3.87. The second-order valence-corrected chi connectivity index (χ2v) is 5.24. The molecule has 0 saturated heterocycles. The van der Waals surface area contributed by atoms with Crippen molar-refractivity contribution in [2.24, 2.45) is 7.05 Å². The maximum absolute atomic E-state index is 13.3. The van der Waals surface area contributed by atoms with Gasteiger partial charge in [-0.15, -0.1) is 0 Å². The van der Waals surface area contributed by atoms with E-state index >= 15 is 0 Å². The maximum Gasteiger partial charge on any atom is 0.131 e. The first kappa shape index (κ1) is 15.9. The standard InChI is InChI=1S/C15H19ClFN3O/c1-3-14-12(15(16)20(2)19-14)8-18-7-10-4-5-13(17)11(6-10)9-21/h4-6,18,21H,3,7-9H2,1-2H3. The molecule has 21 heavy (non-hydrogen) atoms. The topological polar surface area (TPSA) is 50.1 Å². The van der Waals surface area contributed by atoms with Crippen molar-refractivity contribution in [2.75, 3.05) is 0 Å². The lowest BCUT2D eigenvalue weighted by molar-refractivity contribution is 0.275. The second-order valence-electron chi connectivity index (χ2n) is 4.88. The van der Waals surface area contributed by atoms with Crippen molar-refractivity contribution in [3.8, 4) is 0 Å². The SMILES string of the molecule is CCc1nn(C)c(Cl)c1CNCc1ccc(F)c(CO)c1. The second kappa shape index (κ2) is 7.02. The molecular formula is C15H19ClFN3O. The van der Waals surface area contributed by atoms with Gasteiger partial charge in [0.2, 0.25) is 0 Å². The summed E-state index contributed by atoms with van der Waals surface area (Å²) in [6.45, 7) is 2.91. The molecule has 1 aromatic heterocycles. The lowest BCUT2D eigenvalue weighted by Crippen LogP contribution is -2.14. The normalized spacial score (nSPS) is 11.1. The average Bonchev–Trinajstić information content (AvgIpc) is 2.76. The van der Waals surface area contributed by atoms with E-state index in [-0.39, 0.29) is 12.4 Å². The molecule has 1 aromatic carbocycles. The third-order valence-electron chi connectivity index (χ3n) is 3.40. The lowest BCUT2D eigenvalue weighted by atomic mass is 10.1. The van der Waals surface area contributed by atoms with Gasteiger partial charge in [0.05, 0.1) is 12.3 Å². The zero-order valence-corrected chi connectivity index (χ0v) is 12.9. The fraction of sp³-hybridized carbons (Fsp3) is 0.400. The van der Waals surface area contributed by atoms with E-state index in [4.69, 9.17) is 16.7 Å². The fourth-order valence-corrected chi connectivity index (χ4v) is 2.46. The molecule has 0 saturated carbocycles. The van der Waals surface area contributed by atoms with E-state index in [0.717, 1.165) is 23.2 Å². The van der Waals surface area contributed by atoms with Gasteiger partial charge in [-0.3, -0.25) is 4.68 Å². The van der Waals surface area contributed by atoms with E-state index in [1.54, 1.807) is 16.8 Å². The van der Waals surface area contributed by atoms with Gasteiger partial charge in [0.1, 0.15) is 11.0 Å². The van der Waals surface area contributed by atoms with Crippen LogP contribution in [-0.2, 0) is 33.2 Å². The number of hydrogen-bond donors (Lipinski definition) is 2. The molecule has 0 radical (unpaired) electrons. The highest BCUT2D eigenvalue weighted by molar-refractivity contribution is 6.30. The Morgan fingerprint density at radius 2 is 2.14 bits per heavy atom. The van der Waals surface area contributed by atoms with E-state index in [1.165, 1.54) is 6.07 Å². The molecule has 0 bridgehead atoms. The van der Waals surface area contributed by atoms with Crippen LogP contribution in [0.25, 0.3) is 0 Å². The van der Waals surface area contributed by atoms with Gasteiger partial charge in [0.15, 0.2) is 0 Å². The van der Waals surface area contributed by atoms with Crippen molar-refractivity contribution in [1.82, 2.24) is 15.1 Å². The van der Waals surface area contributed by atoms with Crippen LogP contribution in [0.4, 0.5) is 4.39 Å². The molecule has 114 valence electrons. The van der Waals surface area contributed by atoms with Gasteiger partial charge in [0, 0.05) is 31.3 Å². The largest absolute Gasteiger partial charge is 0.392 e. The van der Waals surface area contributed by atoms with E-state index in [9.17, 15) is 4.39 Å². The molecule has 4 nitrogen and oxygen atoms in total. The highest BCUT2D eigenvalue weighted by atomic mass is 35.5. The number of aliphatic hydroxyl groups is 1. The zero-order chi connectivity index (χ0) is 15.4. The molecule has 2 rings (SSSR count). The van der Waals surface area contributed by atoms with Crippen molar-refractivity contribution >= 4 is 11.6 Å². The molecule has 0 amide bonds. The van der Waals surface area contributed by atoms with E-state index in [1.807, 2.05) is 14.0 Å². The molecule has 0 atom stereocenters. The summed E-state index contributed by atoms with van der Waals surface area (Å²) in [6, 6.07) is 4.73. The van der Waals surface area contributed by atoms with Crippen LogP contribution in [0.15, 0.2) is 18.2 Å². The lowest BCUT2D eigenvalue weighted by Gasteiger charge is -2.07. The Hall–Kier alpha value is -1.43. The predicted octanol–water partition coefficient (Wildman–Crippen LogP) is 2.56. The average molecular weight is 312 g/mol. The van der Waals surface area contributed by atoms with Gasteiger partial charge in [-0.25, -0.2) is 4.39 Å².